The van der Waals surface area contributed by atoms with E-state index < -0.39 is 12.0 Å². The SMILES string of the molecule is CCOC(=O)C1=C(C)N=C2S[C@@H](C)C(=O)N2[C@H]1c1cccc(Br)c1. The summed E-state index contributed by atoms with van der Waals surface area (Å²) in [5.41, 5.74) is 1.86. The largest absolute Gasteiger partial charge is 0.463 e. The molecule has 0 radical (unpaired) electrons. The number of amidine groups is 1. The molecule has 2 heterocycles. The fourth-order valence-electron chi connectivity index (χ4n) is 2.86. The molecule has 1 aromatic carbocycles. The van der Waals surface area contributed by atoms with Crippen LogP contribution in [-0.4, -0.2) is 33.8 Å². The molecule has 3 rings (SSSR count). The van der Waals surface area contributed by atoms with E-state index in [2.05, 4.69) is 20.9 Å². The van der Waals surface area contributed by atoms with Crippen molar-refractivity contribution >= 4 is 44.7 Å². The molecule has 2 aliphatic rings. The number of ether oxygens (including phenoxy) is 1. The maximum Gasteiger partial charge on any atom is 0.338 e. The van der Waals surface area contributed by atoms with E-state index in [1.807, 2.05) is 31.2 Å². The number of nitrogens with zero attached hydrogens (tertiary/aromatic N) is 2. The topological polar surface area (TPSA) is 59.0 Å². The molecule has 0 spiro atoms. The van der Waals surface area contributed by atoms with E-state index in [4.69, 9.17) is 4.74 Å². The van der Waals surface area contributed by atoms with Crippen LogP contribution >= 0.6 is 27.7 Å². The van der Waals surface area contributed by atoms with Crippen molar-refractivity contribution in [2.45, 2.75) is 32.1 Å². The van der Waals surface area contributed by atoms with Crippen LogP contribution < -0.4 is 0 Å². The maximum absolute atomic E-state index is 12.7. The Balaban J connectivity index is 2.16. The summed E-state index contributed by atoms with van der Waals surface area (Å²) >= 11 is 4.88. The van der Waals surface area contributed by atoms with Crippen LogP contribution in [0.1, 0.15) is 32.4 Å². The lowest BCUT2D eigenvalue weighted by Gasteiger charge is -2.33. The second-order valence-corrected chi connectivity index (χ2v) is 7.76. The monoisotopic (exact) mass is 408 g/mol. The van der Waals surface area contributed by atoms with Gasteiger partial charge in [-0.25, -0.2) is 9.79 Å². The maximum atomic E-state index is 12.7. The predicted molar refractivity (Wildman–Crippen MR) is 97.6 cm³/mol. The summed E-state index contributed by atoms with van der Waals surface area (Å²) in [5, 5.41) is 0.427. The van der Waals surface area contributed by atoms with E-state index in [0.717, 1.165) is 10.0 Å². The minimum absolute atomic E-state index is 0.0435. The van der Waals surface area contributed by atoms with E-state index >= 15 is 0 Å². The first kappa shape index (κ1) is 17.2. The van der Waals surface area contributed by atoms with Crippen molar-refractivity contribution in [2.24, 2.45) is 4.99 Å². The van der Waals surface area contributed by atoms with Crippen LogP contribution in [0.4, 0.5) is 0 Å². The number of carbonyl (C=O) groups is 2. The van der Waals surface area contributed by atoms with E-state index in [0.29, 0.717) is 16.4 Å². The molecule has 5 nitrogen and oxygen atoms in total. The van der Waals surface area contributed by atoms with E-state index in [-0.39, 0.29) is 17.8 Å². The van der Waals surface area contributed by atoms with E-state index in [9.17, 15) is 9.59 Å². The Morgan fingerprint density at radius 2 is 2.21 bits per heavy atom. The van der Waals surface area contributed by atoms with Crippen LogP contribution in [0, 0.1) is 0 Å². The van der Waals surface area contributed by atoms with Crippen LogP contribution in [0.15, 0.2) is 45.0 Å². The zero-order valence-electron chi connectivity index (χ0n) is 13.6. The van der Waals surface area contributed by atoms with Crippen LogP contribution in [0.2, 0.25) is 0 Å². The van der Waals surface area contributed by atoms with Gasteiger partial charge in [-0.1, -0.05) is 39.8 Å². The van der Waals surface area contributed by atoms with Gasteiger partial charge < -0.3 is 4.74 Å². The van der Waals surface area contributed by atoms with Crippen molar-refractivity contribution < 1.29 is 14.3 Å². The third-order valence-electron chi connectivity index (χ3n) is 3.92. The average molecular weight is 409 g/mol. The smallest absolute Gasteiger partial charge is 0.338 e. The van der Waals surface area contributed by atoms with Crippen molar-refractivity contribution in [3.8, 4) is 0 Å². The first-order chi connectivity index (χ1) is 11.4. The van der Waals surface area contributed by atoms with Gasteiger partial charge in [-0.05, 0) is 38.5 Å². The number of allylic oxidation sites excluding steroid dienone is 1. The molecule has 0 N–H and O–H groups in total. The molecule has 2 aliphatic heterocycles. The third-order valence-corrected chi connectivity index (χ3v) is 5.47. The molecule has 0 aromatic heterocycles. The number of aliphatic imine (C=N–C) groups is 1. The lowest BCUT2D eigenvalue weighted by Crippen LogP contribution is -2.40. The minimum atomic E-state index is -0.515. The Morgan fingerprint density at radius 1 is 1.46 bits per heavy atom. The highest BCUT2D eigenvalue weighted by atomic mass is 79.9. The number of fused-ring (bicyclic) bond motifs is 1. The third kappa shape index (κ3) is 2.91. The second-order valence-electron chi connectivity index (χ2n) is 5.54. The molecule has 1 aromatic rings. The van der Waals surface area contributed by atoms with Crippen molar-refractivity contribution in [2.75, 3.05) is 6.61 Å². The van der Waals surface area contributed by atoms with Gasteiger partial charge in [0.25, 0.3) is 0 Å². The number of carbonyl (C=O) groups excluding carboxylic acids is 2. The Morgan fingerprint density at radius 3 is 2.88 bits per heavy atom. The molecule has 126 valence electrons. The predicted octanol–water partition coefficient (Wildman–Crippen LogP) is 3.66. The Kier molecular flexibility index (Phi) is 4.83. The van der Waals surface area contributed by atoms with Gasteiger partial charge in [-0.3, -0.25) is 9.69 Å². The van der Waals surface area contributed by atoms with Crippen molar-refractivity contribution in [3.05, 3.63) is 45.6 Å². The molecule has 0 unspecified atom stereocenters. The van der Waals surface area contributed by atoms with Gasteiger partial charge in [0.1, 0.15) is 0 Å². The minimum Gasteiger partial charge on any atom is -0.463 e. The molecule has 2 atom stereocenters. The van der Waals surface area contributed by atoms with E-state index in [1.54, 1.807) is 18.7 Å². The number of halogens is 1. The van der Waals surface area contributed by atoms with Crippen molar-refractivity contribution in [1.29, 1.82) is 0 Å². The highest BCUT2D eigenvalue weighted by molar-refractivity contribution is 9.10. The molecular weight excluding hydrogens is 392 g/mol. The van der Waals surface area contributed by atoms with Crippen molar-refractivity contribution in [3.63, 3.8) is 0 Å². The standard InChI is InChI=1S/C17H17BrN2O3S/c1-4-23-16(22)13-9(2)19-17-20(15(21)10(3)24-17)14(13)11-6-5-7-12(18)8-11/h5-8,10,14H,4H2,1-3H3/t10-,14-/m0/s1. The first-order valence-electron chi connectivity index (χ1n) is 7.65. The van der Waals surface area contributed by atoms with Crippen LogP contribution in [0.5, 0.6) is 0 Å². The number of benzene rings is 1. The molecular formula is C17H17BrN2O3S. The number of thioether (sulfide) groups is 1. The molecule has 1 saturated heterocycles. The number of hydrogen-bond acceptors (Lipinski definition) is 5. The second kappa shape index (κ2) is 6.72. The average Bonchev–Trinajstić information content (AvgIpc) is 2.80. The highest BCUT2D eigenvalue weighted by Crippen LogP contribution is 2.43. The van der Waals surface area contributed by atoms with Gasteiger partial charge in [-0.15, -0.1) is 0 Å². The summed E-state index contributed by atoms with van der Waals surface area (Å²) in [6, 6.07) is 7.11. The molecule has 1 fully saturated rings. The zero-order valence-corrected chi connectivity index (χ0v) is 16.0. The van der Waals surface area contributed by atoms with Crippen LogP contribution in [-0.2, 0) is 14.3 Å². The Labute approximate surface area is 153 Å². The van der Waals surface area contributed by atoms with Gasteiger partial charge in [0.2, 0.25) is 5.91 Å². The first-order valence-corrected chi connectivity index (χ1v) is 9.33. The molecule has 7 heteroatoms. The number of rotatable bonds is 3. The number of esters is 1. The molecule has 0 bridgehead atoms. The van der Waals surface area contributed by atoms with Crippen LogP contribution in [0.3, 0.4) is 0 Å². The molecule has 24 heavy (non-hydrogen) atoms. The summed E-state index contributed by atoms with van der Waals surface area (Å²) in [6.45, 7) is 5.68. The molecule has 0 saturated carbocycles. The quantitative estimate of drug-likeness (QED) is 0.715. The summed E-state index contributed by atoms with van der Waals surface area (Å²) in [4.78, 5) is 31.3. The van der Waals surface area contributed by atoms with Gasteiger partial charge in [0.15, 0.2) is 5.17 Å². The lowest BCUT2D eigenvalue weighted by molar-refractivity contribution is -0.139. The fourth-order valence-corrected chi connectivity index (χ4v) is 4.31. The number of hydrogen-bond donors (Lipinski definition) is 0. The lowest BCUT2D eigenvalue weighted by atomic mass is 9.94. The molecule has 1 amide bonds. The summed E-state index contributed by atoms with van der Waals surface area (Å²) in [6.07, 6.45) is 0. The van der Waals surface area contributed by atoms with Gasteiger partial charge >= 0.3 is 5.97 Å². The zero-order chi connectivity index (χ0) is 17.4. The van der Waals surface area contributed by atoms with Crippen LogP contribution in [0.25, 0.3) is 0 Å². The normalized spacial score (nSPS) is 23.2. The van der Waals surface area contributed by atoms with Crippen molar-refractivity contribution in [1.82, 2.24) is 4.90 Å². The summed E-state index contributed by atoms with van der Waals surface area (Å²) in [7, 11) is 0. The van der Waals surface area contributed by atoms with Gasteiger partial charge in [0, 0.05) is 4.47 Å². The highest BCUT2D eigenvalue weighted by Gasteiger charge is 2.46. The fraction of sp³-hybridized carbons (Fsp3) is 0.353. The van der Waals surface area contributed by atoms with Gasteiger partial charge in [-0.2, -0.15) is 0 Å². The Bertz CT molecular complexity index is 775. The number of amides is 1. The summed E-state index contributed by atoms with van der Waals surface area (Å²) in [5.74, 6) is -0.474. The molecule has 0 aliphatic carbocycles. The van der Waals surface area contributed by atoms with E-state index in [1.165, 1.54) is 11.8 Å². The summed E-state index contributed by atoms with van der Waals surface area (Å²) < 4.78 is 6.11. The van der Waals surface area contributed by atoms with Gasteiger partial charge in [0.05, 0.1) is 29.2 Å². The Hall–Kier alpha value is -1.60.